The minimum atomic E-state index is 0.200. The lowest BCUT2D eigenvalue weighted by molar-refractivity contribution is 0.0408. The third-order valence-electron chi connectivity index (χ3n) is 5.52. The Hall–Kier alpha value is -0.120. The smallest absolute Gasteiger partial charge is 0.0593 e. The topological polar surface area (TPSA) is 38.5 Å². The molecule has 2 unspecified atom stereocenters. The quantitative estimate of drug-likeness (QED) is 0.576. The van der Waals surface area contributed by atoms with Gasteiger partial charge in [0.1, 0.15) is 0 Å². The van der Waals surface area contributed by atoms with E-state index in [-0.39, 0.29) is 5.54 Å². The van der Waals surface area contributed by atoms with Gasteiger partial charge in [0.25, 0.3) is 0 Å². The van der Waals surface area contributed by atoms with E-state index >= 15 is 0 Å². The Morgan fingerprint density at radius 2 is 1.90 bits per heavy atom. The Morgan fingerprint density at radius 3 is 2.43 bits per heavy atom. The zero-order valence-corrected chi connectivity index (χ0v) is 15.1. The number of likely N-dealkylation sites (N-methyl/N-ethyl adjacent to an activating group) is 1. The van der Waals surface area contributed by atoms with Crippen LogP contribution in [0, 0.1) is 11.3 Å². The molecule has 2 N–H and O–H groups in total. The van der Waals surface area contributed by atoms with Crippen LogP contribution in [0.5, 0.6) is 0 Å². The molecule has 3 heteroatoms. The molecule has 0 aromatic heterocycles. The van der Waals surface area contributed by atoms with Gasteiger partial charge in [-0.15, -0.1) is 0 Å². The highest BCUT2D eigenvalue weighted by Gasteiger charge is 2.38. The molecule has 0 spiro atoms. The number of hydrogen-bond acceptors (Lipinski definition) is 3. The first-order chi connectivity index (χ1) is 9.89. The van der Waals surface area contributed by atoms with Crippen molar-refractivity contribution in [1.29, 1.82) is 0 Å². The number of nitrogens with two attached hydrogens (primary N) is 1. The largest absolute Gasteiger partial charge is 0.380 e. The van der Waals surface area contributed by atoms with E-state index in [0.717, 1.165) is 38.8 Å². The molecule has 0 bridgehead atoms. The minimum Gasteiger partial charge on any atom is -0.380 e. The Kier molecular flexibility index (Phi) is 7.66. The van der Waals surface area contributed by atoms with E-state index in [1.165, 1.54) is 32.1 Å². The maximum atomic E-state index is 6.26. The van der Waals surface area contributed by atoms with Gasteiger partial charge in [0.05, 0.1) is 6.61 Å². The molecule has 0 aliphatic heterocycles. The van der Waals surface area contributed by atoms with E-state index in [9.17, 15) is 0 Å². The normalized spacial score (nSPS) is 27.9. The zero-order valence-electron chi connectivity index (χ0n) is 15.1. The Balaban J connectivity index is 2.73. The van der Waals surface area contributed by atoms with E-state index in [2.05, 4.69) is 39.5 Å². The number of rotatable bonds is 7. The van der Waals surface area contributed by atoms with Crippen LogP contribution in [-0.2, 0) is 4.74 Å². The highest BCUT2D eigenvalue weighted by molar-refractivity contribution is 4.95. The second-order valence-electron chi connectivity index (χ2n) is 7.70. The standard InChI is InChI=1S/C18H38N2O/c1-6-20(13-14-21-7-2)18(15-19)11-8-9-16(10-12-18)17(3,4)5/h16H,6-15,19H2,1-5H3. The second kappa shape index (κ2) is 8.50. The van der Waals surface area contributed by atoms with Gasteiger partial charge in [0.15, 0.2) is 0 Å². The summed E-state index contributed by atoms with van der Waals surface area (Å²) in [7, 11) is 0. The van der Waals surface area contributed by atoms with Crippen molar-refractivity contribution in [3.05, 3.63) is 0 Å². The Labute approximate surface area is 132 Å². The summed E-state index contributed by atoms with van der Waals surface area (Å²) < 4.78 is 5.57. The van der Waals surface area contributed by atoms with Crippen molar-refractivity contribution in [3.63, 3.8) is 0 Å². The van der Waals surface area contributed by atoms with E-state index in [1.54, 1.807) is 0 Å². The first kappa shape index (κ1) is 18.9. The van der Waals surface area contributed by atoms with E-state index in [0.29, 0.717) is 5.41 Å². The third kappa shape index (κ3) is 5.22. The van der Waals surface area contributed by atoms with Gasteiger partial charge in [-0.05, 0) is 50.5 Å². The molecule has 0 heterocycles. The molecule has 0 radical (unpaired) electrons. The summed E-state index contributed by atoms with van der Waals surface area (Å²) in [6.07, 6.45) is 6.46. The van der Waals surface area contributed by atoms with Gasteiger partial charge in [-0.2, -0.15) is 0 Å². The fraction of sp³-hybridized carbons (Fsp3) is 1.00. The van der Waals surface area contributed by atoms with Crippen molar-refractivity contribution in [1.82, 2.24) is 4.90 Å². The van der Waals surface area contributed by atoms with E-state index < -0.39 is 0 Å². The maximum Gasteiger partial charge on any atom is 0.0593 e. The summed E-state index contributed by atoms with van der Waals surface area (Å²) in [5.74, 6) is 0.830. The van der Waals surface area contributed by atoms with Crippen LogP contribution in [0.1, 0.15) is 66.7 Å². The summed E-state index contributed by atoms with van der Waals surface area (Å²) in [6, 6.07) is 0. The molecule has 0 aromatic carbocycles. The summed E-state index contributed by atoms with van der Waals surface area (Å²) in [5, 5.41) is 0. The molecule has 21 heavy (non-hydrogen) atoms. The van der Waals surface area contributed by atoms with Gasteiger partial charge in [0.2, 0.25) is 0 Å². The van der Waals surface area contributed by atoms with Crippen LogP contribution < -0.4 is 5.73 Å². The van der Waals surface area contributed by atoms with Gasteiger partial charge in [0, 0.05) is 25.2 Å². The first-order valence-electron chi connectivity index (χ1n) is 8.92. The number of nitrogens with zero attached hydrogens (tertiary/aromatic N) is 1. The number of hydrogen-bond donors (Lipinski definition) is 1. The molecule has 126 valence electrons. The van der Waals surface area contributed by atoms with Crippen molar-refractivity contribution in [2.45, 2.75) is 72.3 Å². The summed E-state index contributed by atoms with van der Waals surface area (Å²) in [6.45, 7) is 16.0. The van der Waals surface area contributed by atoms with Gasteiger partial charge in [-0.25, -0.2) is 0 Å². The van der Waals surface area contributed by atoms with Crippen molar-refractivity contribution in [2.24, 2.45) is 17.1 Å². The minimum absolute atomic E-state index is 0.200. The molecule has 1 saturated carbocycles. The van der Waals surface area contributed by atoms with Gasteiger partial charge in [-0.3, -0.25) is 4.90 Å². The fourth-order valence-corrected chi connectivity index (χ4v) is 3.96. The van der Waals surface area contributed by atoms with Crippen molar-refractivity contribution >= 4 is 0 Å². The highest BCUT2D eigenvalue weighted by atomic mass is 16.5. The Morgan fingerprint density at radius 1 is 1.19 bits per heavy atom. The molecule has 1 aliphatic carbocycles. The van der Waals surface area contributed by atoms with E-state index in [4.69, 9.17) is 10.5 Å². The summed E-state index contributed by atoms with van der Waals surface area (Å²) >= 11 is 0. The molecular formula is C18H38N2O. The first-order valence-corrected chi connectivity index (χ1v) is 8.92. The van der Waals surface area contributed by atoms with Crippen LogP contribution in [0.15, 0.2) is 0 Å². The van der Waals surface area contributed by atoms with Crippen LogP contribution in [0.2, 0.25) is 0 Å². The molecule has 1 rings (SSSR count). The third-order valence-corrected chi connectivity index (χ3v) is 5.52. The van der Waals surface area contributed by atoms with Crippen molar-refractivity contribution in [2.75, 3.05) is 32.8 Å². The lowest BCUT2D eigenvalue weighted by Crippen LogP contribution is -2.54. The van der Waals surface area contributed by atoms with Crippen LogP contribution in [0.25, 0.3) is 0 Å². The predicted molar refractivity (Wildman–Crippen MR) is 91.6 cm³/mol. The molecule has 1 aliphatic rings. The molecule has 0 saturated heterocycles. The van der Waals surface area contributed by atoms with Gasteiger partial charge < -0.3 is 10.5 Å². The summed E-state index contributed by atoms with van der Waals surface area (Å²) in [5.41, 5.74) is 6.88. The monoisotopic (exact) mass is 298 g/mol. The zero-order chi connectivity index (χ0) is 15.9. The lowest BCUT2D eigenvalue weighted by Gasteiger charge is -2.43. The predicted octanol–water partition coefficient (Wildman–Crippen LogP) is 3.67. The summed E-state index contributed by atoms with van der Waals surface area (Å²) in [4.78, 5) is 2.59. The average Bonchev–Trinajstić information content (AvgIpc) is 2.66. The molecule has 1 fully saturated rings. The SMILES string of the molecule is CCOCCN(CC)C1(CN)CCCC(C(C)(C)C)CC1. The van der Waals surface area contributed by atoms with Crippen molar-refractivity contribution in [3.8, 4) is 0 Å². The van der Waals surface area contributed by atoms with Gasteiger partial charge in [-0.1, -0.05) is 34.1 Å². The lowest BCUT2D eigenvalue weighted by atomic mass is 9.76. The maximum absolute atomic E-state index is 6.26. The van der Waals surface area contributed by atoms with Crippen LogP contribution in [0.3, 0.4) is 0 Å². The fourth-order valence-electron chi connectivity index (χ4n) is 3.96. The average molecular weight is 299 g/mol. The highest BCUT2D eigenvalue weighted by Crippen LogP contribution is 2.41. The molecule has 3 nitrogen and oxygen atoms in total. The molecule has 0 amide bonds. The van der Waals surface area contributed by atoms with Crippen LogP contribution in [0.4, 0.5) is 0 Å². The molecule has 2 atom stereocenters. The molecular weight excluding hydrogens is 260 g/mol. The number of ether oxygens (including phenoxy) is 1. The van der Waals surface area contributed by atoms with Crippen LogP contribution >= 0.6 is 0 Å². The Bertz CT molecular complexity index is 287. The van der Waals surface area contributed by atoms with Crippen molar-refractivity contribution < 1.29 is 4.74 Å². The van der Waals surface area contributed by atoms with E-state index in [1.807, 2.05) is 0 Å². The van der Waals surface area contributed by atoms with Gasteiger partial charge >= 0.3 is 0 Å². The molecule has 0 aromatic rings. The second-order valence-corrected chi connectivity index (χ2v) is 7.70. The van der Waals surface area contributed by atoms with Crippen LogP contribution in [-0.4, -0.2) is 43.3 Å².